The summed E-state index contributed by atoms with van der Waals surface area (Å²) in [6.45, 7) is 5.45. The molecule has 2 rings (SSSR count). The maximum absolute atomic E-state index is 12.4. The third-order valence-electron chi connectivity index (χ3n) is 4.65. The fourth-order valence-electron chi connectivity index (χ4n) is 3.41. The summed E-state index contributed by atoms with van der Waals surface area (Å²) in [5.74, 6) is -0.859. The lowest BCUT2D eigenvalue weighted by atomic mass is 9.97. The summed E-state index contributed by atoms with van der Waals surface area (Å²) in [7, 11) is -3.44. The van der Waals surface area contributed by atoms with E-state index in [1.54, 1.807) is 24.0 Å². The van der Waals surface area contributed by atoms with Crippen molar-refractivity contribution in [2.24, 2.45) is 0 Å². The summed E-state index contributed by atoms with van der Waals surface area (Å²) in [5, 5.41) is 0. The molecule has 27 heavy (non-hydrogen) atoms. The molecule has 0 aliphatic carbocycles. The van der Waals surface area contributed by atoms with Crippen molar-refractivity contribution in [3.8, 4) is 0 Å². The molecule has 1 N–H and O–H groups in total. The minimum atomic E-state index is -3.44. The van der Waals surface area contributed by atoms with Crippen LogP contribution in [0.1, 0.15) is 56.8 Å². The number of ether oxygens (including phenoxy) is 1. The van der Waals surface area contributed by atoms with E-state index in [1.165, 1.54) is 12.1 Å². The zero-order chi connectivity index (χ0) is 20.0. The molecule has 0 bridgehead atoms. The van der Waals surface area contributed by atoms with Crippen LogP contribution in [0.5, 0.6) is 0 Å². The monoisotopic (exact) mass is 396 g/mol. The van der Waals surface area contributed by atoms with E-state index in [1.807, 2.05) is 13.8 Å². The van der Waals surface area contributed by atoms with E-state index in [2.05, 4.69) is 4.72 Å². The van der Waals surface area contributed by atoms with E-state index in [0.29, 0.717) is 12.1 Å². The fraction of sp³-hybridized carbons (Fsp3) is 0.579. The first-order valence-corrected chi connectivity index (χ1v) is 11.0. The second kappa shape index (κ2) is 9.21. The molecule has 1 saturated heterocycles. The topological polar surface area (TPSA) is 92.8 Å². The van der Waals surface area contributed by atoms with Crippen molar-refractivity contribution < 1.29 is 22.7 Å². The van der Waals surface area contributed by atoms with Gasteiger partial charge in [-0.15, -0.1) is 0 Å². The largest absolute Gasteiger partial charge is 0.452 e. The van der Waals surface area contributed by atoms with Crippen LogP contribution in [0.3, 0.4) is 0 Å². The second-order valence-corrected chi connectivity index (χ2v) is 8.85. The molecule has 1 aliphatic heterocycles. The van der Waals surface area contributed by atoms with Crippen molar-refractivity contribution in [1.29, 1.82) is 0 Å². The number of nitrogens with one attached hydrogen (secondary N) is 1. The smallest absolute Gasteiger partial charge is 0.338 e. The molecular weight excluding hydrogens is 368 g/mol. The van der Waals surface area contributed by atoms with Gasteiger partial charge in [0.05, 0.1) is 11.3 Å². The van der Waals surface area contributed by atoms with Gasteiger partial charge in [-0.05, 0) is 57.7 Å². The first kappa shape index (κ1) is 21.2. The molecule has 150 valence electrons. The van der Waals surface area contributed by atoms with Crippen molar-refractivity contribution in [2.75, 3.05) is 17.1 Å². The van der Waals surface area contributed by atoms with Gasteiger partial charge in [-0.2, -0.15) is 0 Å². The van der Waals surface area contributed by atoms with Gasteiger partial charge >= 0.3 is 5.97 Å². The first-order valence-electron chi connectivity index (χ1n) is 9.32. The number of benzene rings is 1. The average Bonchev–Trinajstić information content (AvgIpc) is 2.59. The Hall–Kier alpha value is -2.09. The molecule has 0 spiro atoms. The van der Waals surface area contributed by atoms with Crippen molar-refractivity contribution in [3.05, 3.63) is 29.8 Å². The lowest BCUT2D eigenvalue weighted by Gasteiger charge is -2.38. The zero-order valence-corrected chi connectivity index (χ0v) is 16.9. The van der Waals surface area contributed by atoms with Crippen molar-refractivity contribution >= 4 is 27.6 Å². The van der Waals surface area contributed by atoms with Crippen LogP contribution >= 0.6 is 0 Å². The predicted octanol–water partition coefficient (Wildman–Crippen LogP) is 2.78. The number of nitrogens with zero attached hydrogens (tertiary/aromatic N) is 1. The van der Waals surface area contributed by atoms with Crippen LogP contribution in [0, 0.1) is 0 Å². The van der Waals surface area contributed by atoms with Crippen LogP contribution < -0.4 is 4.72 Å². The number of sulfonamides is 1. The molecule has 2 unspecified atom stereocenters. The molecule has 1 heterocycles. The molecular formula is C19H28N2O5S. The van der Waals surface area contributed by atoms with Crippen LogP contribution in [0.2, 0.25) is 0 Å². The highest BCUT2D eigenvalue weighted by molar-refractivity contribution is 7.92. The predicted molar refractivity (Wildman–Crippen MR) is 104 cm³/mol. The Labute approximate surface area is 161 Å². The van der Waals surface area contributed by atoms with Gasteiger partial charge in [-0.1, -0.05) is 13.0 Å². The summed E-state index contributed by atoms with van der Waals surface area (Å²) >= 11 is 0. The third-order valence-corrected chi connectivity index (χ3v) is 6.15. The SMILES string of the molecule is CCCS(=O)(=O)Nc1cccc(C(=O)OCC(=O)N2C(C)CCCC2C)c1. The standard InChI is InChI=1S/C19H28N2O5S/c1-4-11-27(24,25)20-17-10-6-9-16(12-17)19(23)26-13-18(22)21-14(2)7-5-8-15(21)3/h6,9-10,12,14-15,20H,4-5,7-8,11,13H2,1-3H3. The molecule has 2 atom stereocenters. The molecule has 1 aromatic rings. The number of amides is 1. The first-order chi connectivity index (χ1) is 12.7. The molecule has 7 nitrogen and oxygen atoms in total. The molecule has 0 saturated carbocycles. The lowest BCUT2D eigenvalue weighted by Crippen LogP contribution is -2.49. The van der Waals surface area contributed by atoms with Crippen LogP contribution in [0.4, 0.5) is 5.69 Å². The number of carbonyl (C=O) groups is 2. The Morgan fingerprint density at radius 2 is 1.89 bits per heavy atom. The van der Waals surface area contributed by atoms with E-state index >= 15 is 0 Å². The van der Waals surface area contributed by atoms with Gasteiger partial charge in [-0.25, -0.2) is 13.2 Å². The Morgan fingerprint density at radius 3 is 2.52 bits per heavy atom. The van der Waals surface area contributed by atoms with Gasteiger partial charge in [0.15, 0.2) is 6.61 Å². The van der Waals surface area contributed by atoms with Gasteiger partial charge in [0.1, 0.15) is 0 Å². The van der Waals surface area contributed by atoms with Crippen molar-refractivity contribution in [3.63, 3.8) is 0 Å². The Morgan fingerprint density at radius 1 is 1.22 bits per heavy atom. The molecule has 1 aliphatic rings. The normalized spacial score (nSPS) is 20.2. The number of anilines is 1. The zero-order valence-electron chi connectivity index (χ0n) is 16.1. The van der Waals surface area contributed by atoms with E-state index in [9.17, 15) is 18.0 Å². The van der Waals surface area contributed by atoms with E-state index in [4.69, 9.17) is 4.74 Å². The van der Waals surface area contributed by atoms with Gasteiger partial charge in [0.25, 0.3) is 5.91 Å². The fourth-order valence-corrected chi connectivity index (χ4v) is 4.53. The molecule has 0 aromatic heterocycles. The Kier molecular flexibility index (Phi) is 7.24. The van der Waals surface area contributed by atoms with E-state index in [0.717, 1.165) is 19.3 Å². The maximum atomic E-state index is 12.4. The summed E-state index contributed by atoms with van der Waals surface area (Å²) in [4.78, 5) is 26.5. The van der Waals surface area contributed by atoms with Crippen LogP contribution in [0.25, 0.3) is 0 Å². The van der Waals surface area contributed by atoms with Crippen LogP contribution in [0.15, 0.2) is 24.3 Å². The maximum Gasteiger partial charge on any atom is 0.338 e. The third kappa shape index (κ3) is 5.95. The number of piperidine rings is 1. The lowest BCUT2D eigenvalue weighted by molar-refractivity contribution is -0.140. The number of likely N-dealkylation sites (tertiary alicyclic amines) is 1. The highest BCUT2D eigenvalue weighted by Crippen LogP contribution is 2.22. The molecule has 0 radical (unpaired) electrons. The van der Waals surface area contributed by atoms with Crippen molar-refractivity contribution in [2.45, 2.75) is 58.5 Å². The highest BCUT2D eigenvalue weighted by atomic mass is 32.2. The molecule has 1 aromatic carbocycles. The minimum Gasteiger partial charge on any atom is -0.452 e. The van der Waals surface area contributed by atoms with Crippen LogP contribution in [-0.2, 0) is 19.6 Å². The number of carbonyl (C=O) groups excluding carboxylic acids is 2. The summed E-state index contributed by atoms with van der Waals surface area (Å²) in [5.41, 5.74) is 0.488. The van der Waals surface area contributed by atoms with Crippen LogP contribution in [-0.4, -0.2) is 49.6 Å². The Bertz CT molecular complexity index is 768. The van der Waals surface area contributed by atoms with Crippen molar-refractivity contribution in [1.82, 2.24) is 4.90 Å². The Balaban J connectivity index is 1.98. The number of hydrogen-bond acceptors (Lipinski definition) is 5. The van der Waals surface area contributed by atoms with Gasteiger partial charge in [0.2, 0.25) is 10.0 Å². The summed E-state index contributed by atoms with van der Waals surface area (Å²) in [6, 6.07) is 6.33. The second-order valence-electron chi connectivity index (χ2n) is 7.01. The molecule has 1 amide bonds. The minimum absolute atomic E-state index is 0.00236. The molecule has 8 heteroatoms. The summed E-state index contributed by atoms with van der Waals surface area (Å²) < 4.78 is 31.3. The van der Waals surface area contributed by atoms with Gasteiger partial charge in [-0.3, -0.25) is 9.52 Å². The van der Waals surface area contributed by atoms with E-state index in [-0.39, 0.29) is 35.9 Å². The quantitative estimate of drug-likeness (QED) is 0.716. The van der Waals surface area contributed by atoms with Gasteiger partial charge in [0, 0.05) is 17.8 Å². The molecule has 1 fully saturated rings. The summed E-state index contributed by atoms with van der Waals surface area (Å²) in [6.07, 6.45) is 3.48. The van der Waals surface area contributed by atoms with E-state index < -0.39 is 16.0 Å². The highest BCUT2D eigenvalue weighted by Gasteiger charge is 2.29. The number of hydrogen-bond donors (Lipinski definition) is 1. The number of esters is 1. The average molecular weight is 397 g/mol. The van der Waals surface area contributed by atoms with Gasteiger partial charge < -0.3 is 9.64 Å². The number of rotatable bonds is 7.